The van der Waals surface area contributed by atoms with Crippen LogP contribution in [-0.2, 0) is 14.9 Å². The Morgan fingerprint density at radius 3 is 2.19 bits per heavy atom. The van der Waals surface area contributed by atoms with E-state index < -0.39 is 5.41 Å². The van der Waals surface area contributed by atoms with Crippen molar-refractivity contribution in [1.29, 1.82) is 0 Å². The number of piperazine rings is 1. The van der Waals surface area contributed by atoms with Gasteiger partial charge in [-0.2, -0.15) is 0 Å². The van der Waals surface area contributed by atoms with Gasteiger partial charge in [-0.1, -0.05) is 67.6 Å². The van der Waals surface area contributed by atoms with Crippen molar-refractivity contribution in [1.82, 2.24) is 4.90 Å². The zero-order valence-corrected chi connectivity index (χ0v) is 22.3. The molecule has 4 nitrogen and oxygen atoms in total. The number of carbonyl (C=O) groups excluding carboxylic acids is 1. The summed E-state index contributed by atoms with van der Waals surface area (Å²) in [6.07, 6.45) is 2.31. The van der Waals surface area contributed by atoms with Gasteiger partial charge < -0.3 is 9.64 Å². The largest absolute Gasteiger partial charge is 0.462 e. The van der Waals surface area contributed by atoms with Crippen LogP contribution in [0.2, 0.25) is 0 Å². The summed E-state index contributed by atoms with van der Waals surface area (Å²) in [6.45, 7) is 10.7. The zero-order chi connectivity index (χ0) is 26.3. The van der Waals surface area contributed by atoms with Gasteiger partial charge in [-0.3, -0.25) is 9.69 Å². The minimum absolute atomic E-state index is 0.111. The summed E-state index contributed by atoms with van der Waals surface area (Å²) in [6, 6.07) is 25.2. The second-order valence-electron chi connectivity index (χ2n) is 10.2. The van der Waals surface area contributed by atoms with Gasteiger partial charge in [0.25, 0.3) is 0 Å². The molecule has 1 heterocycles. The monoisotopic (exact) mass is 502 g/mol. The molecular weight excluding hydrogens is 463 g/mol. The molecule has 3 aromatic carbocycles. The molecule has 37 heavy (non-hydrogen) atoms. The molecule has 1 unspecified atom stereocenters. The van der Waals surface area contributed by atoms with E-state index in [4.69, 9.17) is 4.74 Å². The highest BCUT2D eigenvalue weighted by atomic mass is 19.1. The number of anilines is 1. The first-order valence-corrected chi connectivity index (χ1v) is 13.5. The van der Waals surface area contributed by atoms with Crippen molar-refractivity contribution >= 4 is 11.7 Å². The molecule has 0 aliphatic carbocycles. The van der Waals surface area contributed by atoms with E-state index in [1.54, 1.807) is 6.07 Å². The molecule has 0 radical (unpaired) electrons. The van der Waals surface area contributed by atoms with Crippen LogP contribution in [0.3, 0.4) is 0 Å². The van der Waals surface area contributed by atoms with Crippen LogP contribution < -0.4 is 4.90 Å². The highest BCUT2D eigenvalue weighted by molar-refractivity contribution is 5.83. The van der Waals surface area contributed by atoms with E-state index in [1.165, 1.54) is 11.8 Å². The van der Waals surface area contributed by atoms with Gasteiger partial charge in [0.15, 0.2) is 0 Å². The fraction of sp³-hybridized carbons (Fsp3) is 0.406. The van der Waals surface area contributed by atoms with Crippen molar-refractivity contribution in [2.24, 2.45) is 0 Å². The third kappa shape index (κ3) is 6.40. The Balaban J connectivity index is 1.33. The molecule has 5 heteroatoms. The zero-order valence-electron chi connectivity index (χ0n) is 22.3. The lowest BCUT2D eigenvalue weighted by Gasteiger charge is -2.37. The molecule has 0 N–H and O–H groups in total. The van der Waals surface area contributed by atoms with Crippen LogP contribution in [0, 0.1) is 5.82 Å². The highest BCUT2D eigenvalue weighted by Crippen LogP contribution is 2.35. The van der Waals surface area contributed by atoms with Gasteiger partial charge in [0.2, 0.25) is 0 Å². The predicted octanol–water partition coefficient (Wildman–Crippen LogP) is 6.69. The Morgan fingerprint density at radius 2 is 1.57 bits per heavy atom. The SMILES string of the molecule is CCC(CCCN1CCN(c2ccc(-c3ccccc3F)cc2)CC1)(C(=O)OC(C)C)c1ccccc1. The van der Waals surface area contributed by atoms with Crippen LogP contribution in [0.25, 0.3) is 11.1 Å². The number of hydrogen-bond acceptors (Lipinski definition) is 4. The Kier molecular flexibility index (Phi) is 8.99. The third-order valence-electron chi connectivity index (χ3n) is 7.53. The predicted molar refractivity (Wildman–Crippen MR) is 149 cm³/mol. The van der Waals surface area contributed by atoms with E-state index in [2.05, 4.69) is 41.0 Å². The van der Waals surface area contributed by atoms with Crippen molar-refractivity contribution in [3.8, 4) is 11.1 Å². The summed E-state index contributed by atoms with van der Waals surface area (Å²) >= 11 is 0. The standard InChI is InChI=1S/C32H39FN2O2/c1-4-32(31(36)37-25(2)3,27-11-6-5-7-12-27)19-10-20-34-21-23-35(24-22-34)28-17-15-26(16-18-28)29-13-8-9-14-30(29)33/h5-9,11-18,25H,4,10,19-24H2,1-3H3. The first kappa shape index (κ1) is 26.9. The first-order chi connectivity index (χ1) is 17.9. The van der Waals surface area contributed by atoms with Crippen molar-refractivity contribution in [2.45, 2.75) is 51.6 Å². The quantitative estimate of drug-likeness (QED) is 0.289. The number of ether oxygens (including phenoxy) is 1. The maximum atomic E-state index is 14.1. The van der Waals surface area contributed by atoms with Gasteiger partial charge in [-0.15, -0.1) is 0 Å². The molecule has 0 bridgehead atoms. The van der Waals surface area contributed by atoms with E-state index >= 15 is 0 Å². The number of benzene rings is 3. The fourth-order valence-electron chi connectivity index (χ4n) is 5.35. The third-order valence-corrected chi connectivity index (χ3v) is 7.53. The van der Waals surface area contributed by atoms with Crippen molar-refractivity contribution < 1.29 is 13.9 Å². The van der Waals surface area contributed by atoms with Gasteiger partial charge >= 0.3 is 5.97 Å². The van der Waals surface area contributed by atoms with E-state index in [-0.39, 0.29) is 17.9 Å². The molecule has 1 fully saturated rings. The van der Waals surface area contributed by atoms with E-state index in [1.807, 2.05) is 56.3 Å². The van der Waals surface area contributed by atoms with Gasteiger partial charge in [0, 0.05) is 37.4 Å². The number of carbonyl (C=O) groups is 1. The van der Waals surface area contributed by atoms with Gasteiger partial charge in [0.05, 0.1) is 11.5 Å². The fourth-order valence-corrected chi connectivity index (χ4v) is 5.35. The molecule has 196 valence electrons. The Bertz CT molecular complexity index is 1140. The molecule has 1 aliphatic heterocycles. The second kappa shape index (κ2) is 12.4. The minimum Gasteiger partial charge on any atom is -0.462 e. The first-order valence-electron chi connectivity index (χ1n) is 13.5. The second-order valence-corrected chi connectivity index (χ2v) is 10.2. The van der Waals surface area contributed by atoms with Crippen molar-refractivity contribution in [3.05, 3.63) is 90.2 Å². The van der Waals surface area contributed by atoms with Gasteiger partial charge in [0.1, 0.15) is 5.82 Å². The van der Waals surface area contributed by atoms with Gasteiger partial charge in [-0.25, -0.2) is 4.39 Å². The lowest BCUT2D eigenvalue weighted by Crippen LogP contribution is -2.47. The Hall–Kier alpha value is -3.18. The molecule has 1 aliphatic rings. The summed E-state index contributed by atoms with van der Waals surface area (Å²) in [5.41, 5.74) is 3.15. The van der Waals surface area contributed by atoms with Crippen LogP contribution in [0.1, 0.15) is 45.6 Å². The van der Waals surface area contributed by atoms with Crippen LogP contribution in [0.5, 0.6) is 0 Å². The molecule has 4 rings (SSSR count). The lowest BCUT2D eigenvalue weighted by atomic mass is 9.74. The lowest BCUT2D eigenvalue weighted by molar-refractivity contribution is -0.155. The van der Waals surface area contributed by atoms with Crippen molar-refractivity contribution in [2.75, 3.05) is 37.6 Å². The van der Waals surface area contributed by atoms with Crippen LogP contribution in [0.4, 0.5) is 10.1 Å². The summed E-state index contributed by atoms with van der Waals surface area (Å²) in [5, 5.41) is 0. The average Bonchev–Trinajstić information content (AvgIpc) is 2.92. The van der Waals surface area contributed by atoms with E-state index in [0.717, 1.165) is 63.1 Å². The summed E-state index contributed by atoms with van der Waals surface area (Å²) < 4.78 is 19.9. The maximum absolute atomic E-state index is 14.1. The van der Waals surface area contributed by atoms with E-state index in [0.29, 0.717) is 5.56 Å². The molecule has 0 spiro atoms. The Morgan fingerprint density at radius 1 is 0.919 bits per heavy atom. The summed E-state index contributed by atoms with van der Waals surface area (Å²) in [7, 11) is 0. The smallest absolute Gasteiger partial charge is 0.316 e. The average molecular weight is 503 g/mol. The van der Waals surface area contributed by atoms with Crippen LogP contribution >= 0.6 is 0 Å². The summed E-state index contributed by atoms with van der Waals surface area (Å²) in [5.74, 6) is -0.305. The molecule has 1 atom stereocenters. The molecule has 0 aromatic heterocycles. The van der Waals surface area contributed by atoms with Crippen LogP contribution in [-0.4, -0.2) is 49.7 Å². The van der Waals surface area contributed by atoms with Crippen molar-refractivity contribution in [3.63, 3.8) is 0 Å². The molecule has 0 saturated carbocycles. The molecule has 0 amide bonds. The normalized spacial score (nSPS) is 16.0. The molecular formula is C32H39FN2O2. The molecule has 3 aromatic rings. The molecule has 1 saturated heterocycles. The number of hydrogen-bond donors (Lipinski definition) is 0. The maximum Gasteiger partial charge on any atom is 0.316 e. The van der Waals surface area contributed by atoms with Crippen LogP contribution in [0.15, 0.2) is 78.9 Å². The number of nitrogens with zero attached hydrogens (tertiary/aromatic N) is 2. The highest BCUT2D eigenvalue weighted by Gasteiger charge is 2.40. The van der Waals surface area contributed by atoms with Gasteiger partial charge in [-0.05, 0) is 69.0 Å². The topological polar surface area (TPSA) is 32.8 Å². The Labute approximate surface area is 221 Å². The number of halogens is 1. The number of esters is 1. The number of rotatable bonds is 10. The minimum atomic E-state index is -0.604. The summed E-state index contributed by atoms with van der Waals surface area (Å²) in [4.78, 5) is 18.1. The van der Waals surface area contributed by atoms with E-state index in [9.17, 15) is 9.18 Å².